The average Bonchev–Trinajstić information content (AvgIpc) is 2.37. The van der Waals surface area contributed by atoms with Crippen LogP contribution in [0.3, 0.4) is 0 Å². The molecule has 0 fully saturated rings. The van der Waals surface area contributed by atoms with Crippen LogP contribution in [-0.2, 0) is 6.18 Å². The number of rotatable bonds is 5. The maximum Gasteiger partial charge on any atom is 0.421 e. The largest absolute Gasteiger partial charge is 0.481 e. The monoisotopic (exact) mass is 272 g/mol. The molecule has 0 N–H and O–H groups in total. The number of nitrogens with zero attached hydrogens (tertiary/aromatic N) is 4. The van der Waals surface area contributed by atoms with Crippen molar-refractivity contribution in [2.75, 3.05) is 13.7 Å². The van der Waals surface area contributed by atoms with Gasteiger partial charge in [0.2, 0.25) is 5.88 Å². The van der Waals surface area contributed by atoms with Gasteiger partial charge in [-0.15, -0.1) is 0 Å². The lowest BCUT2D eigenvalue weighted by molar-refractivity contribution is -0.139. The summed E-state index contributed by atoms with van der Waals surface area (Å²) in [5.74, 6) is -0.460. The van der Waals surface area contributed by atoms with E-state index in [0.717, 1.165) is 13.2 Å². The van der Waals surface area contributed by atoms with Crippen molar-refractivity contribution in [3.05, 3.63) is 39.9 Å². The molecule has 8 heteroatoms. The van der Waals surface area contributed by atoms with Crippen molar-refractivity contribution in [2.45, 2.75) is 12.6 Å². The second-order valence-electron chi connectivity index (χ2n) is 3.47. The Labute approximate surface area is 107 Å². The fraction of sp³-hybridized carbons (Fsp3) is 0.364. The molecule has 0 aliphatic heterocycles. The van der Waals surface area contributed by atoms with E-state index in [1.807, 2.05) is 0 Å². The van der Waals surface area contributed by atoms with Crippen LogP contribution < -0.4 is 4.74 Å². The summed E-state index contributed by atoms with van der Waals surface area (Å²) in [7, 11) is 1.13. The van der Waals surface area contributed by atoms with E-state index in [4.69, 9.17) is 5.53 Å². The first kappa shape index (κ1) is 14.8. The van der Waals surface area contributed by atoms with E-state index in [2.05, 4.69) is 19.7 Å². The molecule has 102 valence electrons. The minimum atomic E-state index is -4.52. The highest BCUT2D eigenvalue weighted by Crippen LogP contribution is 2.35. The van der Waals surface area contributed by atoms with E-state index in [9.17, 15) is 13.2 Å². The van der Waals surface area contributed by atoms with E-state index in [0.29, 0.717) is 12.0 Å². The van der Waals surface area contributed by atoms with Crippen LogP contribution in [0.25, 0.3) is 16.5 Å². The number of alkyl halides is 3. The highest BCUT2D eigenvalue weighted by Gasteiger charge is 2.35. The highest BCUT2D eigenvalue weighted by atomic mass is 19.4. The summed E-state index contributed by atoms with van der Waals surface area (Å²) in [6.07, 6.45) is 0.287. The van der Waals surface area contributed by atoms with Gasteiger partial charge >= 0.3 is 6.18 Å². The molecule has 0 saturated carbocycles. The van der Waals surface area contributed by atoms with E-state index in [1.165, 1.54) is 12.3 Å². The lowest BCUT2D eigenvalue weighted by Crippen LogP contribution is -2.09. The molecule has 0 aliphatic carbocycles. The molecule has 19 heavy (non-hydrogen) atoms. The Balaban J connectivity index is 2.89. The molecule has 0 bridgehead atoms. The number of azide groups is 1. The standard InChI is InChI=1S/C11H11F3N4O/c1-19-10-9(11(12,13)14)6-8(7-16-10)4-2-3-5-17-18-15/h2,4,6-7H,3,5H2,1H3. The minimum Gasteiger partial charge on any atom is -0.481 e. The molecule has 0 aliphatic rings. The minimum absolute atomic E-state index is 0.253. The zero-order valence-electron chi connectivity index (χ0n) is 10.1. The number of ether oxygens (including phenoxy) is 1. The molecular weight excluding hydrogens is 261 g/mol. The van der Waals surface area contributed by atoms with Gasteiger partial charge in [0.05, 0.1) is 7.11 Å². The number of hydrogen-bond acceptors (Lipinski definition) is 3. The zero-order chi connectivity index (χ0) is 14.3. The van der Waals surface area contributed by atoms with Gasteiger partial charge in [0, 0.05) is 17.7 Å². The Morgan fingerprint density at radius 3 is 2.84 bits per heavy atom. The molecule has 0 radical (unpaired) electrons. The van der Waals surface area contributed by atoms with Gasteiger partial charge in [-0.05, 0) is 23.6 Å². The molecule has 0 amide bonds. The van der Waals surface area contributed by atoms with Crippen molar-refractivity contribution < 1.29 is 17.9 Å². The second kappa shape index (κ2) is 6.65. The van der Waals surface area contributed by atoms with Gasteiger partial charge in [-0.25, -0.2) is 4.98 Å². The van der Waals surface area contributed by atoms with Gasteiger partial charge in [0.15, 0.2) is 0 Å². The number of pyridine rings is 1. The van der Waals surface area contributed by atoms with Gasteiger partial charge in [0.1, 0.15) is 5.56 Å². The lowest BCUT2D eigenvalue weighted by Gasteiger charge is -2.11. The molecule has 1 heterocycles. The van der Waals surface area contributed by atoms with Crippen LogP contribution in [0.2, 0.25) is 0 Å². The Bertz CT molecular complexity index is 507. The third-order valence-electron chi connectivity index (χ3n) is 2.14. The van der Waals surface area contributed by atoms with E-state index < -0.39 is 17.6 Å². The molecule has 1 aromatic heterocycles. The molecule has 1 aromatic rings. The first-order valence-electron chi connectivity index (χ1n) is 5.27. The van der Waals surface area contributed by atoms with Gasteiger partial charge in [-0.1, -0.05) is 17.3 Å². The Morgan fingerprint density at radius 2 is 2.26 bits per heavy atom. The van der Waals surface area contributed by atoms with Crippen molar-refractivity contribution in [3.63, 3.8) is 0 Å². The molecule has 0 spiro atoms. The molecular formula is C11H11F3N4O. The van der Waals surface area contributed by atoms with Crippen LogP contribution in [0.4, 0.5) is 13.2 Å². The highest BCUT2D eigenvalue weighted by molar-refractivity contribution is 5.51. The zero-order valence-corrected chi connectivity index (χ0v) is 10.1. The summed E-state index contributed by atoms with van der Waals surface area (Å²) in [6, 6.07) is 0.954. The van der Waals surface area contributed by atoms with Crippen molar-refractivity contribution in [2.24, 2.45) is 5.11 Å². The van der Waals surface area contributed by atoms with Crippen LogP contribution in [0.15, 0.2) is 23.5 Å². The third kappa shape index (κ3) is 4.51. The van der Waals surface area contributed by atoms with E-state index >= 15 is 0 Å². The smallest absolute Gasteiger partial charge is 0.421 e. The number of methoxy groups -OCH3 is 1. The van der Waals surface area contributed by atoms with Crippen molar-refractivity contribution in [1.29, 1.82) is 0 Å². The lowest BCUT2D eigenvalue weighted by atomic mass is 10.1. The quantitative estimate of drug-likeness (QED) is 0.354. The Morgan fingerprint density at radius 1 is 1.53 bits per heavy atom. The maximum atomic E-state index is 12.7. The van der Waals surface area contributed by atoms with Gasteiger partial charge in [0.25, 0.3) is 0 Å². The molecule has 0 unspecified atom stereocenters. The molecule has 0 aromatic carbocycles. The Kier molecular flexibility index (Phi) is 5.20. The van der Waals surface area contributed by atoms with E-state index in [-0.39, 0.29) is 6.54 Å². The van der Waals surface area contributed by atoms with E-state index in [1.54, 1.807) is 6.08 Å². The van der Waals surface area contributed by atoms with Gasteiger partial charge in [-0.2, -0.15) is 13.2 Å². The molecule has 5 nitrogen and oxygen atoms in total. The maximum absolute atomic E-state index is 12.7. The average molecular weight is 272 g/mol. The van der Waals surface area contributed by atoms with Crippen LogP contribution in [0.5, 0.6) is 5.88 Å². The van der Waals surface area contributed by atoms with Crippen LogP contribution in [0, 0.1) is 0 Å². The van der Waals surface area contributed by atoms with Crippen molar-refractivity contribution >= 4 is 6.08 Å². The normalized spacial score (nSPS) is 11.4. The van der Waals surface area contributed by atoms with Gasteiger partial charge < -0.3 is 4.74 Å². The van der Waals surface area contributed by atoms with Crippen LogP contribution in [-0.4, -0.2) is 18.6 Å². The number of aromatic nitrogens is 1. The fourth-order valence-electron chi connectivity index (χ4n) is 1.32. The third-order valence-corrected chi connectivity index (χ3v) is 2.14. The predicted molar refractivity (Wildman–Crippen MR) is 63.5 cm³/mol. The summed E-state index contributed by atoms with van der Waals surface area (Å²) < 4.78 is 42.7. The predicted octanol–water partition coefficient (Wildman–Crippen LogP) is 3.82. The summed E-state index contributed by atoms with van der Waals surface area (Å²) in [5.41, 5.74) is 7.43. The molecule has 0 atom stereocenters. The number of halogens is 3. The molecule has 1 rings (SSSR count). The second-order valence-corrected chi connectivity index (χ2v) is 3.47. The molecule has 0 saturated heterocycles. The van der Waals surface area contributed by atoms with Crippen LogP contribution in [0.1, 0.15) is 17.5 Å². The fourth-order valence-corrected chi connectivity index (χ4v) is 1.32. The first-order chi connectivity index (χ1) is 8.99. The summed E-state index contributed by atoms with van der Waals surface area (Å²) in [5, 5.41) is 3.30. The summed E-state index contributed by atoms with van der Waals surface area (Å²) in [6.45, 7) is 0.253. The topological polar surface area (TPSA) is 70.9 Å². The van der Waals surface area contributed by atoms with Crippen molar-refractivity contribution in [1.82, 2.24) is 4.98 Å². The summed E-state index contributed by atoms with van der Waals surface area (Å²) in [4.78, 5) is 6.17. The van der Waals surface area contributed by atoms with Crippen LogP contribution >= 0.6 is 0 Å². The number of hydrogen-bond donors (Lipinski definition) is 0. The Hall–Kier alpha value is -2.21. The van der Waals surface area contributed by atoms with Crippen molar-refractivity contribution in [3.8, 4) is 5.88 Å². The van der Waals surface area contributed by atoms with Gasteiger partial charge in [-0.3, -0.25) is 0 Å². The first-order valence-corrected chi connectivity index (χ1v) is 5.27. The summed E-state index contributed by atoms with van der Waals surface area (Å²) >= 11 is 0. The SMILES string of the molecule is COc1ncc(C=CCCN=[N+]=[N-])cc1C(F)(F)F.